The zero-order valence-corrected chi connectivity index (χ0v) is 50.8. The second-order valence-electron chi connectivity index (χ2n) is 21.1. The summed E-state index contributed by atoms with van der Waals surface area (Å²) in [6, 6.07) is 43.7. The molecular weight excluding hydrogens is 1160 g/mol. The van der Waals surface area contributed by atoms with Gasteiger partial charge in [0.25, 0.3) is 31.9 Å². The molecule has 23 heteroatoms. The molecule has 1 atom stereocenters. The van der Waals surface area contributed by atoms with Gasteiger partial charge in [-0.15, -0.1) is 0 Å². The number of nitrogens with one attached hydrogen (secondary N) is 9. The summed E-state index contributed by atoms with van der Waals surface area (Å²) in [6.45, 7) is 8.31. The molecule has 88 heavy (non-hydrogen) atoms. The van der Waals surface area contributed by atoms with E-state index < -0.39 is 32.2 Å². The van der Waals surface area contributed by atoms with Crippen molar-refractivity contribution in [3.05, 3.63) is 215 Å². The SMILES string of the molecule is Cc1ccc(S(=O)(=O)Nc2ccc(NNC(=O)Cc3ccccc3O)cc2)c(C)c1NC(=O)C[n+]1cccc(C(=O)NCCCCCCNOCc2cccc(-c3c(C)ccc(S(=O)(=O)Nc4ccc(NNC(O)Cc5ccccc5O)cc4)c3C)c2)c1. The Bertz CT molecular complexity index is 3980. The first-order valence-electron chi connectivity index (χ1n) is 28.5. The number of aromatic hydroxyl groups is 2. The van der Waals surface area contributed by atoms with E-state index in [4.69, 9.17) is 4.84 Å². The monoisotopic (exact) mass is 1230 g/mol. The molecule has 460 valence electrons. The van der Waals surface area contributed by atoms with Crippen LogP contribution in [0.25, 0.3) is 11.1 Å². The Morgan fingerprint density at radius 1 is 0.591 bits per heavy atom. The number of nitrogens with zero attached hydrogens (tertiary/aromatic N) is 1. The van der Waals surface area contributed by atoms with Crippen LogP contribution >= 0.6 is 0 Å². The Kier molecular flexibility index (Phi) is 22.3. The predicted molar refractivity (Wildman–Crippen MR) is 339 cm³/mol. The fourth-order valence-corrected chi connectivity index (χ4v) is 12.4. The maximum atomic E-state index is 13.8. The van der Waals surface area contributed by atoms with Crippen molar-refractivity contribution in [3.8, 4) is 22.6 Å². The van der Waals surface area contributed by atoms with Crippen LogP contribution in [0.15, 0.2) is 180 Å². The third-order valence-electron chi connectivity index (χ3n) is 14.3. The summed E-state index contributed by atoms with van der Waals surface area (Å²) in [5.41, 5.74) is 22.5. The minimum Gasteiger partial charge on any atom is -0.508 e. The molecule has 0 fully saturated rings. The fourth-order valence-electron chi connectivity index (χ4n) is 9.77. The number of hydrogen-bond donors (Lipinski definition) is 12. The average Bonchev–Trinajstić information content (AvgIpc) is 1.49. The quantitative estimate of drug-likeness (QED) is 0.00867. The Morgan fingerprint density at radius 3 is 1.84 bits per heavy atom. The van der Waals surface area contributed by atoms with Crippen LogP contribution in [0.2, 0.25) is 0 Å². The summed E-state index contributed by atoms with van der Waals surface area (Å²) in [5.74, 6) is -0.997. The smallest absolute Gasteiger partial charge is 0.290 e. The summed E-state index contributed by atoms with van der Waals surface area (Å²) < 4.78 is 61.7. The number of phenolic OH excluding ortho intramolecular Hbond substituents is 2. The number of amides is 3. The third-order valence-corrected chi connectivity index (χ3v) is 17.4. The van der Waals surface area contributed by atoms with Gasteiger partial charge in [-0.25, -0.2) is 27.7 Å². The molecule has 0 bridgehead atoms. The van der Waals surface area contributed by atoms with Crippen molar-refractivity contribution >= 4 is 66.2 Å². The summed E-state index contributed by atoms with van der Waals surface area (Å²) >= 11 is 0. The number of pyridine rings is 1. The summed E-state index contributed by atoms with van der Waals surface area (Å²) in [4.78, 5) is 44.9. The molecule has 0 saturated heterocycles. The number of anilines is 5. The number of aliphatic hydroxyl groups is 1. The Morgan fingerprint density at radius 2 is 1.18 bits per heavy atom. The first-order chi connectivity index (χ1) is 42.2. The number of aryl methyl sites for hydroxylation is 2. The lowest BCUT2D eigenvalue weighted by Crippen LogP contribution is -2.41. The minimum absolute atomic E-state index is 0.0143. The van der Waals surface area contributed by atoms with Gasteiger partial charge in [0, 0.05) is 53.9 Å². The van der Waals surface area contributed by atoms with E-state index in [1.54, 1.807) is 147 Å². The number of unbranched alkanes of at least 4 members (excludes halogenated alkanes) is 3. The van der Waals surface area contributed by atoms with Crippen molar-refractivity contribution in [1.29, 1.82) is 0 Å². The van der Waals surface area contributed by atoms with Crippen LogP contribution < -0.4 is 51.8 Å². The number of aliphatic hydroxyl groups excluding tert-OH is 1. The molecule has 0 aliphatic rings. The summed E-state index contributed by atoms with van der Waals surface area (Å²) in [7, 11) is -8.11. The average molecular weight is 1230 g/mol. The highest BCUT2D eigenvalue weighted by Gasteiger charge is 2.24. The van der Waals surface area contributed by atoms with E-state index in [-0.39, 0.29) is 64.8 Å². The first kappa shape index (κ1) is 64.6. The molecule has 3 amide bonds. The molecule has 0 spiro atoms. The van der Waals surface area contributed by atoms with E-state index in [1.807, 2.05) is 31.2 Å². The van der Waals surface area contributed by atoms with Crippen molar-refractivity contribution in [2.45, 2.75) is 95.4 Å². The predicted octanol–water partition coefficient (Wildman–Crippen LogP) is 8.70. The lowest BCUT2D eigenvalue weighted by Gasteiger charge is -2.17. The largest absolute Gasteiger partial charge is 0.508 e. The molecular formula is C65H73N10O11S2+. The van der Waals surface area contributed by atoms with Gasteiger partial charge in [0.15, 0.2) is 12.4 Å². The zero-order chi connectivity index (χ0) is 62.8. The van der Waals surface area contributed by atoms with Crippen molar-refractivity contribution in [3.63, 3.8) is 0 Å². The summed E-state index contributed by atoms with van der Waals surface area (Å²) in [5, 5.41) is 36.2. The second-order valence-corrected chi connectivity index (χ2v) is 24.4. The fraction of sp³-hybridized carbons (Fsp3) is 0.231. The van der Waals surface area contributed by atoms with Crippen LogP contribution in [-0.2, 0) is 60.5 Å². The number of rotatable bonds is 30. The van der Waals surface area contributed by atoms with E-state index in [0.717, 1.165) is 47.9 Å². The second kappa shape index (κ2) is 30.3. The molecule has 8 rings (SSSR count). The number of aromatic nitrogens is 1. The van der Waals surface area contributed by atoms with E-state index >= 15 is 0 Å². The molecule has 1 unspecified atom stereocenters. The number of carbonyl (C=O) groups is 3. The standard InChI is InChI=1S/C65H72N10O11S2/c1-43-22-32-58(87(82,83)73-54-28-24-52(25-29-54)69-71-60(78)38-48-16-7-9-20-56(48)76)45(3)63(43)50-18-13-15-47(37-50)42-86-67-35-12-6-5-11-34-66-65(81)51-19-14-36-75(40-51)41-62(80)68-64-44(2)23-33-59(46(64)4)88(84,85)74-55-30-26-53(27-31-55)70-72-61(79)39-49-17-8-10-21-57(49)77/h7-10,13-33,36-37,40,60,67,69-71,73-74,78H,5-6,11-12,34-35,38-39,41-42H2,1-4H3,(H4-,66,68,72,76,77,79,80,81)/p+1. The molecule has 12 N–H and O–H groups in total. The normalized spacial score (nSPS) is 11.7. The molecule has 0 radical (unpaired) electrons. The van der Waals surface area contributed by atoms with Gasteiger partial charge in [0.05, 0.1) is 28.5 Å². The van der Waals surface area contributed by atoms with Crippen molar-refractivity contribution in [2.75, 3.05) is 38.7 Å². The lowest BCUT2D eigenvalue weighted by molar-refractivity contribution is -0.684. The molecule has 0 aliphatic heterocycles. The van der Waals surface area contributed by atoms with E-state index in [9.17, 15) is 46.5 Å². The number of hydrazine groups is 2. The Labute approximate surface area is 512 Å². The maximum Gasteiger partial charge on any atom is 0.290 e. The van der Waals surface area contributed by atoms with E-state index in [1.165, 1.54) is 24.3 Å². The number of sulfonamides is 2. The topological polar surface area (TPSA) is 302 Å². The van der Waals surface area contributed by atoms with Crippen LogP contribution in [0.5, 0.6) is 11.5 Å². The maximum absolute atomic E-state index is 13.8. The van der Waals surface area contributed by atoms with Crippen molar-refractivity contribution in [2.24, 2.45) is 0 Å². The van der Waals surface area contributed by atoms with Gasteiger partial charge >= 0.3 is 0 Å². The van der Waals surface area contributed by atoms with Crippen LogP contribution in [0, 0.1) is 27.7 Å². The molecule has 1 aromatic heterocycles. The number of hydrogen-bond acceptors (Lipinski definition) is 15. The van der Waals surface area contributed by atoms with Gasteiger partial charge in [-0.3, -0.25) is 39.5 Å². The highest BCUT2D eigenvalue weighted by atomic mass is 32.2. The highest BCUT2D eigenvalue weighted by molar-refractivity contribution is 7.93. The van der Waals surface area contributed by atoms with Crippen molar-refractivity contribution in [1.82, 2.24) is 21.6 Å². The number of para-hydroxylation sites is 2. The van der Waals surface area contributed by atoms with Gasteiger partial charge in [-0.2, -0.15) is 4.57 Å². The van der Waals surface area contributed by atoms with E-state index in [2.05, 4.69) is 47.3 Å². The molecule has 0 aliphatic carbocycles. The highest BCUT2D eigenvalue weighted by Crippen LogP contribution is 2.34. The van der Waals surface area contributed by atoms with Crippen LogP contribution in [0.1, 0.15) is 75.0 Å². The minimum atomic E-state index is -4.12. The number of phenols is 2. The van der Waals surface area contributed by atoms with Crippen LogP contribution in [-0.4, -0.2) is 69.2 Å². The van der Waals surface area contributed by atoms with Crippen LogP contribution in [0.3, 0.4) is 0 Å². The Balaban J connectivity index is 0.721. The molecule has 7 aromatic carbocycles. The molecule has 0 saturated carbocycles. The number of benzene rings is 7. The Hall–Kier alpha value is -9.36. The number of carbonyl (C=O) groups excluding carboxylic acids is 3. The van der Waals surface area contributed by atoms with Gasteiger partial charge < -0.3 is 31.4 Å². The molecule has 8 aromatic rings. The van der Waals surface area contributed by atoms with Crippen molar-refractivity contribution < 1.29 is 55.9 Å². The molecule has 21 nitrogen and oxygen atoms in total. The van der Waals surface area contributed by atoms with Gasteiger partial charge in [0.1, 0.15) is 23.3 Å². The lowest BCUT2D eigenvalue weighted by atomic mass is 9.95. The molecule has 1 heterocycles. The zero-order valence-electron chi connectivity index (χ0n) is 49.2. The summed E-state index contributed by atoms with van der Waals surface area (Å²) in [6.07, 6.45) is 5.71. The number of hydroxylamine groups is 1. The van der Waals surface area contributed by atoms with E-state index in [0.29, 0.717) is 69.2 Å². The van der Waals surface area contributed by atoms with Gasteiger partial charge in [-0.1, -0.05) is 79.6 Å². The van der Waals surface area contributed by atoms with Gasteiger partial charge in [-0.05, 0) is 170 Å². The van der Waals surface area contributed by atoms with Crippen LogP contribution in [0.4, 0.5) is 28.4 Å². The van der Waals surface area contributed by atoms with Gasteiger partial charge in [0.2, 0.25) is 12.5 Å². The third kappa shape index (κ3) is 18.1. The first-order valence-corrected chi connectivity index (χ1v) is 31.4.